The van der Waals surface area contributed by atoms with Gasteiger partial charge in [0, 0.05) is 24.5 Å². The lowest BCUT2D eigenvalue weighted by molar-refractivity contribution is -0.139. The van der Waals surface area contributed by atoms with E-state index in [1.54, 1.807) is 9.80 Å². The quantitative estimate of drug-likeness (QED) is 0.118. The first kappa shape index (κ1) is 43.0. The minimum absolute atomic E-state index is 0.201. The Bertz CT molecular complexity index is 2080. The van der Waals surface area contributed by atoms with Gasteiger partial charge in [-0.05, 0) is 107 Å². The maximum Gasteiger partial charge on any atom is 0.407 e. The normalized spacial score (nSPS) is 17.5. The number of fused-ring (bicyclic) bond motifs is 1. The van der Waals surface area contributed by atoms with E-state index >= 15 is 0 Å². The third-order valence-electron chi connectivity index (χ3n) is 11.2. The van der Waals surface area contributed by atoms with Crippen LogP contribution >= 0.6 is 0 Å². The molecule has 2 aliphatic heterocycles. The summed E-state index contributed by atoms with van der Waals surface area (Å²) in [6, 6.07) is 16.2. The number of carbonyl (C=O) groups is 6. The van der Waals surface area contributed by atoms with Crippen LogP contribution in [-0.2, 0) is 28.7 Å². The molecule has 0 aromatic heterocycles. The molecule has 3 aromatic rings. The predicted octanol–water partition coefficient (Wildman–Crippen LogP) is 6.43. The van der Waals surface area contributed by atoms with Crippen LogP contribution in [0.3, 0.4) is 0 Å². The van der Waals surface area contributed by atoms with Crippen molar-refractivity contribution in [1.82, 2.24) is 20.4 Å². The van der Waals surface area contributed by atoms with Crippen molar-refractivity contribution in [2.75, 3.05) is 37.9 Å². The number of nitrogens with zero attached hydrogens (tertiary/aromatic N) is 2. The Morgan fingerprint density at radius 2 is 0.950 bits per heavy atom. The van der Waals surface area contributed by atoms with Gasteiger partial charge in [-0.1, -0.05) is 75.6 Å². The molecular weight excluding hydrogens is 765 g/mol. The van der Waals surface area contributed by atoms with Crippen LogP contribution in [0.2, 0.25) is 0 Å². The summed E-state index contributed by atoms with van der Waals surface area (Å²) in [5, 5.41) is 11.2. The zero-order chi connectivity index (χ0) is 43.1. The Morgan fingerprint density at radius 1 is 0.583 bits per heavy atom. The molecule has 6 amide bonds. The second kappa shape index (κ2) is 19.0. The monoisotopic (exact) mass is 816 g/mol. The van der Waals surface area contributed by atoms with Crippen molar-refractivity contribution >= 4 is 59.3 Å². The molecule has 3 aromatic carbocycles. The average molecular weight is 817 g/mol. The number of rotatable bonds is 12. The second-order valence-corrected chi connectivity index (χ2v) is 15.8. The summed E-state index contributed by atoms with van der Waals surface area (Å²) in [6.07, 6.45) is 4.76. The van der Waals surface area contributed by atoms with Gasteiger partial charge in [-0.3, -0.25) is 19.2 Å². The number of amides is 6. The van der Waals surface area contributed by atoms with Gasteiger partial charge in [0.2, 0.25) is 23.6 Å². The number of benzene rings is 3. The number of carbonyl (C=O) groups excluding carboxylic acids is 6. The number of alkyl carbamates (subject to hydrolysis) is 2. The van der Waals surface area contributed by atoms with E-state index in [2.05, 4.69) is 32.7 Å². The van der Waals surface area contributed by atoms with Crippen molar-refractivity contribution in [3.63, 3.8) is 0 Å². The minimum atomic E-state index is -0.815. The molecule has 6 rings (SSSR count). The molecule has 2 saturated heterocycles. The number of nitrogens with one attached hydrogen (secondary N) is 4. The summed E-state index contributed by atoms with van der Waals surface area (Å²) in [4.78, 5) is 80.8. The van der Waals surface area contributed by atoms with E-state index in [0.717, 1.165) is 33.4 Å². The van der Waals surface area contributed by atoms with E-state index in [1.165, 1.54) is 14.2 Å². The van der Waals surface area contributed by atoms with Crippen molar-refractivity contribution in [3.05, 3.63) is 83.3 Å². The molecule has 3 aliphatic rings. The SMILES string of the molecule is COC(=O)N[C@H](C(=O)N1CCC[C@H]1C(=O)Nc1ccc(-c2ccc(-c3ccc(NC(=O)[C@@H]4CCCN4C(=O)[C@@H](NC(=O)OC)C(C)C)cc3)c3c2C=C=C=C3)cc1)C(C)C. The highest BCUT2D eigenvalue weighted by molar-refractivity contribution is 6.00. The van der Waals surface area contributed by atoms with Crippen molar-refractivity contribution in [3.8, 4) is 22.3 Å². The van der Waals surface area contributed by atoms with E-state index in [9.17, 15) is 28.8 Å². The van der Waals surface area contributed by atoms with Crippen LogP contribution < -0.4 is 21.3 Å². The van der Waals surface area contributed by atoms with Crippen molar-refractivity contribution in [2.45, 2.75) is 77.5 Å². The zero-order valence-electron chi connectivity index (χ0n) is 34.8. The highest BCUT2D eigenvalue weighted by atomic mass is 16.5. The van der Waals surface area contributed by atoms with Gasteiger partial charge in [-0.15, -0.1) is 0 Å². The Kier molecular flexibility index (Phi) is 13.6. The Labute approximate surface area is 350 Å². The van der Waals surface area contributed by atoms with Crippen LogP contribution in [0.1, 0.15) is 64.5 Å². The molecule has 1 aliphatic carbocycles. The fourth-order valence-electron chi connectivity index (χ4n) is 7.96. The largest absolute Gasteiger partial charge is 0.453 e. The summed E-state index contributed by atoms with van der Waals surface area (Å²) >= 11 is 0. The maximum atomic E-state index is 13.5. The van der Waals surface area contributed by atoms with Crippen molar-refractivity contribution < 1.29 is 38.2 Å². The number of anilines is 2. The lowest BCUT2D eigenvalue weighted by Gasteiger charge is -2.30. The average Bonchev–Trinajstić information content (AvgIpc) is 3.96. The lowest BCUT2D eigenvalue weighted by atomic mass is 9.88. The van der Waals surface area contributed by atoms with E-state index < -0.39 is 36.4 Å². The first-order chi connectivity index (χ1) is 28.8. The topological polar surface area (TPSA) is 175 Å². The van der Waals surface area contributed by atoms with Crippen molar-refractivity contribution in [1.29, 1.82) is 0 Å². The summed E-state index contributed by atoms with van der Waals surface area (Å²) in [7, 11) is 2.48. The maximum absolute atomic E-state index is 13.5. The molecule has 0 unspecified atom stereocenters. The smallest absolute Gasteiger partial charge is 0.407 e. The van der Waals surface area contributed by atoms with Crippen LogP contribution in [0.4, 0.5) is 21.0 Å². The second-order valence-electron chi connectivity index (χ2n) is 15.8. The van der Waals surface area contributed by atoms with Gasteiger partial charge < -0.3 is 40.5 Å². The van der Waals surface area contributed by atoms with Crippen LogP contribution in [0.15, 0.2) is 72.1 Å². The van der Waals surface area contributed by atoms with Crippen molar-refractivity contribution in [2.24, 2.45) is 11.8 Å². The number of methoxy groups -OCH3 is 2. The number of likely N-dealkylation sites (tertiary alicyclic amines) is 2. The number of ether oxygens (including phenoxy) is 2. The fourth-order valence-corrected chi connectivity index (χ4v) is 7.96. The molecule has 0 radical (unpaired) electrons. The molecule has 4 N–H and O–H groups in total. The molecule has 2 heterocycles. The third kappa shape index (κ3) is 9.47. The van der Waals surface area contributed by atoms with E-state index in [0.29, 0.717) is 50.1 Å². The summed E-state index contributed by atoms with van der Waals surface area (Å²) < 4.78 is 9.42. The number of hydrogen-bond donors (Lipinski definition) is 4. The first-order valence-electron chi connectivity index (χ1n) is 20.3. The van der Waals surface area contributed by atoms with Gasteiger partial charge in [-0.2, -0.15) is 0 Å². The lowest BCUT2D eigenvalue weighted by Crippen LogP contribution is -2.54. The number of hydrogen-bond acceptors (Lipinski definition) is 8. The van der Waals surface area contributed by atoms with Gasteiger partial charge in [0.05, 0.1) is 14.2 Å². The Morgan fingerprint density at radius 3 is 1.28 bits per heavy atom. The van der Waals surface area contributed by atoms with E-state index in [1.807, 2.05) is 101 Å². The molecular formula is C46H52N6O8. The highest BCUT2D eigenvalue weighted by Crippen LogP contribution is 2.37. The summed E-state index contributed by atoms with van der Waals surface area (Å²) in [6.45, 7) is 8.15. The molecule has 314 valence electrons. The minimum Gasteiger partial charge on any atom is -0.453 e. The Hall–Kier alpha value is -6.62. The van der Waals surface area contributed by atoms with Crippen LogP contribution in [0, 0.1) is 11.8 Å². The van der Waals surface area contributed by atoms with E-state index in [4.69, 9.17) is 9.47 Å². The molecule has 60 heavy (non-hydrogen) atoms. The standard InChI is InChI=1S/C46H52N6O8/c1-27(2)39(49-45(57)59-5)43(55)51-25-9-13-37(51)41(53)47-31-19-15-29(16-20-31)33-23-24-34(36-12-8-7-11-35(33)36)30-17-21-32(22-18-30)48-42(54)38-14-10-26-52(38)44(56)40(28(3)4)50-46(58)60-6/h11-12,15-24,27-28,37-40H,9-10,13-14,25-26H2,1-6H3,(H,47,53)(H,48,54)(H,49,57)(H,50,58)/t37-,38-,39-,40-/m0/s1. The Balaban J connectivity index is 1.12. The fraction of sp³-hybridized carbons (Fsp3) is 0.391. The highest BCUT2D eigenvalue weighted by Gasteiger charge is 2.40. The summed E-state index contributed by atoms with van der Waals surface area (Å²) in [5.74, 6) is -1.62. The van der Waals surface area contributed by atoms with Gasteiger partial charge in [0.1, 0.15) is 24.2 Å². The van der Waals surface area contributed by atoms with Gasteiger partial charge in [0.25, 0.3) is 0 Å². The molecule has 14 heteroatoms. The molecule has 14 nitrogen and oxygen atoms in total. The molecule has 0 bridgehead atoms. The molecule has 0 saturated carbocycles. The van der Waals surface area contributed by atoms with Gasteiger partial charge in [-0.25, -0.2) is 9.59 Å². The van der Waals surface area contributed by atoms with E-state index in [-0.39, 0.29) is 35.5 Å². The molecule has 2 fully saturated rings. The molecule has 0 spiro atoms. The zero-order valence-corrected chi connectivity index (χ0v) is 34.8. The third-order valence-corrected chi connectivity index (χ3v) is 11.2. The van der Waals surface area contributed by atoms with Crippen LogP contribution in [-0.4, -0.2) is 97.1 Å². The van der Waals surface area contributed by atoms with Gasteiger partial charge in [0.15, 0.2) is 0 Å². The predicted molar refractivity (Wildman–Crippen MR) is 228 cm³/mol. The van der Waals surface area contributed by atoms with Gasteiger partial charge >= 0.3 is 12.2 Å². The summed E-state index contributed by atoms with van der Waals surface area (Å²) in [5.41, 5.74) is 13.0. The molecule has 4 atom stereocenters. The first-order valence-corrected chi connectivity index (χ1v) is 20.3. The van der Waals surface area contributed by atoms with Crippen LogP contribution in [0.25, 0.3) is 34.4 Å². The van der Waals surface area contributed by atoms with Crippen LogP contribution in [0.5, 0.6) is 0 Å².